The normalized spacial score (nSPS) is 11.4. The summed E-state index contributed by atoms with van der Waals surface area (Å²) in [5, 5.41) is 0. The molecule has 1 nitrogen and oxygen atoms in total. The first-order valence-electron chi connectivity index (χ1n) is 4.71. The number of nitrogens with zero attached hydrogens (tertiary/aromatic N) is 1. The molecular formula is C12H17BrN+. The monoisotopic (exact) mass is 254 g/mol. The molecule has 0 aliphatic heterocycles. The summed E-state index contributed by atoms with van der Waals surface area (Å²) in [4.78, 5) is 0. The summed E-state index contributed by atoms with van der Waals surface area (Å²) in [7, 11) is 4.42. The summed E-state index contributed by atoms with van der Waals surface area (Å²) >= 11 is 3.43. The topological polar surface area (TPSA) is 0 Å². The van der Waals surface area contributed by atoms with Crippen molar-refractivity contribution in [1.82, 2.24) is 0 Å². The van der Waals surface area contributed by atoms with E-state index in [0.717, 1.165) is 22.0 Å². The average Bonchev–Trinajstić information content (AvgIpc) is 2.08. The standard InChI is InChI=1S/C12H17BrN/c1-4-9-14(2,3)10-11-5-7-12(13)8-6-11/h4-8H,1,9-10H2,2-3H3/q+1. The van der Waals surface area contributed by atoms with Crippen LogP contribution in [0.4, 0.5) is 0 Å². The van der Waals surface area contributed by atoms with Crippen molar-refractivity contribution >= 4 is 15.9 Å². The molecule has 0 fully saturated rings. The fourth-order valence-electron chi connectivity index (χ4n) is 1.50. The zero-order chi connectivity index (χ0) is 10.6. The molecule has 0 radical (unpaired) electrons. The van der Waals surface area contributed by atoms with E-state index in [1.807, 2.05) is 6.08 Å². The van der Waals surface area contributed by atoms with Gasteiger partial charge in [0.25, 0.3) is 0 Å². The molecule has 76 valence electrons. The summed E-state index contributed by atoms with van der Waals surface area (Å²) in [5.74, 6) is 0. The number of benzene rings is 1. The van der Waals surface area contributed by atoms with Gasteiger partial charge in [-0.05, 0) is 18.2 Å². The molecule has 2 heteroatoms. The first kappa shape index (κ1) is 11.5. The Kier molecular flexibility index (Phi) is 3.90. The van der Waals surface area contributed by atoms with Crippen molar-refractivity contribution in [3.05, 3.63) is 47.0 Å². The van der Waals surface area contributed by atoms with Gasteiger partial charge in [0.15, 0.2) is 0 Å². The molecule has 0 unspecified atom stereocenters. The molecule has 0 aliphatic rings. The second kappa shape index (κ2) is 4.76. The van der Waals surface area contributed by atoms with Gasteiger partial charge in [-0.25, -0.2) is 0 Å². The third kappa shape index (κ3) is 3.64. The van der Waals surface area contributed by atoms with Crippen molar-refractivity contribution in [2.45, 2.75) is 6.54 Å². The van der Waals surface area contributed by atoms with Crippen molar-refractivity contribution in [3.8, 4) is 0 Å². The minimum Gasteiger partial charge on any atom is -0.321 e. The maximum Gasteiger partial charge on any atom is 0.104 e. The molecule has 14 heavy (non-hydrogen) atoms. The molecule has 0 saturated heterocycles. The van der Waals surface area contributed by atoms with Crippen molar-refractivity contribution in [1.29, 1.82) is 0 Å². The van der Waals surface area contributed by atoms with E-state index >= 15 is 0 Å². The van der Waals surface area contributed by atoms with E-state index in [9.17, 15) is 0 Å². The van der Waals surface area contributed by atoms with Crippen molar-refractivity contribution in [2.75, 3.05) is 20.6 Å². The molecule has 0 aliphatic carbocycles. The van der Waals surface area contributed by atoms with Gasteiger partial charge in [-0.2, -0.15) is 0 Å². The molecule has 0 aromatic heterocycles. The van der Waals surface area contributed by atoms with Crippen LogP contribution in [0.25, 0.3) is 0 Å². The number of hydrogen-bond acceptors (Lipinski definition) is 0. The molecule has 1 aromatic carbocycles. The maximum absolute atomic E-state index is 3.78. The van der Waals surface area contributed by atoms with Crippen molar-refractivity contribution < 1.29 is 4.48 Å². The van der Waals surface area contributed by atoms with E-state index in [2.05, 4.69) is 60.9 Å². The highest BCUT2D eigenvalue weighted by atomic mass is 79.9. The Hall–Kier alpha value is -0.600. The molecule has 1 aromatic rings. The molecule has 0 spiro atoms. The number of quaternary nitrogens is 1. The highest BCUT2D eigenvalue weighted by Gasteiger charge is 2.12. The van der Waals surface area contributed by atoms with Gasteiger partial charge in [0, 0.05) is 10.0 Å². The Labute approximate surface area is 94.8 Å². The lowest BCUT2D eigenvalue weighted by Gasteiger charge is -2.28. The lowest BCUT2D eigenvalue weighted by Crippen LogP contribution is -2.38. The lowest BCUT2D eigenvalue weighted by molar-refractivity contribution is -0.897. The van der Waals surface area contributed by atoms with Crippen LogP contribution in [-0.4, -0.2) is 25.1 Å². The van der Waals surface area contributed by atoms with E-state index in [1.54, 1.807) is 0 Å². The largest absolute Gasteiger partial charge is 0.321 e. The molecule has 0 bridgehead atoms. The van der Waals surface area contributed by atoms with Crippen LogP contribution in [0.5, 0.6) is 0 Å². The summed E-state index contributed by atoms with van der Waals surface area (Å²) in [5.41, 5.74) is 1.36. The molecule has 0 amide bonds. The summed E-state index contributed by atoms with van der Waals surface area (Å²) in [6, 6.07) is 8.49. The van der Waals surface area contributed by atoms with Crippen LogP contribution in [-0.2, 0) is 6.54 Å². The zero-order valence-electron chi connectivity index (χ0n) is 8.83. The van der Waals surface area contributed by atoms with Gasteiger partial charge >= 0.3 is 0 Å². The van der Waals surface area contributed by atoms with Gasteiger partial charge in [0.05, 0.1) is 20.6 Å². The van der Waals surface area contributed by atoms with Crippen LogP contribution in [0.1, 0.15) is 5.56 Å². The van der Waals surface area contributed by atoms with Gasteiger partial charge in [-0.1, -0.05) is 34.6 Å². The zero-order valence-corrected chi connectivity index (χ0v) is 10.4. The predicted octanol–water partition coefficient (Wildman–Crippen LogP) is 3.21. The van der Waals surface area contributed by atoms with Crippen molar-refractivity contribution in [3.63, 3.8) is 0 Å². The fraction of sp³-hybridized carbons (Fsp3) is 0.333. The Balaban J connectivity index is 2.68. The van der Waals surface area contributed by atoms with Crippen LogP contribution in [0.3, 0.4) is 0 Å². The number of likely N-dealkylation sites (N-methyl/N-ethyl adjacent to an activating group) is 1. The number of halogens is 1. The Bertz CT molecular complexity index is 301. The van der Waals surface area contributed by atoms with E-state index in [4.69, 9.17) is 0 Å². The van der Waals surface area contributed by atoms with Gasteiger partial charge in [0.2, 0.25) is 0 Å². The van der Waals surface area contributed by atoms with E-state index in [-0.39, 0.29) is 0 Å². The number of rotatable bonds is 4. The lowest BCUT2D eigenvalue weighted by atomic mass is 10.2. The van der Waals surface area contributed by atoms with E-state index < -0.39 is 0 Å². The summed E-state index contributed by atoms with van der Waals surface area (Å²) in [6.07, 6.45) is 1.97. The van der Waals surface area contributed by atoms with E-state index in [1.165, 1.54) is 5.56 Å². The highest BCUT2D eigenvalue weighted by Crippen LogP contribution is 2.14. The Morgan fingerprint density at radius 2 is 1.86 bits per heavy atom. The van der Waals surface area contributed by atoms with E-state index in [0.29, 0.717) is 0 Å². The smallest absolute Gasteiger partial charge is 0.104 e. The SMILES string of the molecule is C=CC[N+](C)(C)Cc1ccc(Br)cc1. The second-order valence-corrected chi connectivity index (χ2v) is 5.11. The quantitative estimate of drug-likeness (QED) is 0.572. The number of hydrogen-bond donors (Lipinski definition) is 0. The third-order valence-electron chi connectivity index (χ3n) is 2.15. The Morgan fingerprint density at radius 3 is 2.36 bits per heavy atom. The van der Waals surface area contributed by atoms with Crippen LogP contribution in [0, 0.1) is 0 Å². The van der Waals surface area contributed by atoms with Gasteiger partial charge in [-0.3, -0.25) is 0 Å². The molecule has 0 atom stereocenters. The highest BCUT2D eigenvalue weighted by molar-refractivity contribution is 9.10. The van der Waals surface area contributed by atoms with Crippen LogP contribution < -0.4 is 0 Å². The Morgan fingerprint density at radius 1 is 1.29 bits per heavy atom. The second-order valence-electron chi connectivity index (χ2n) is 4.19. The van der Waals surface area contributed by atoms with Crippen LogP contribution in [0.15, 0.2) is 41.4 Å². The first-order chi connectivity index (χ1) is 6.53. The fourth-order valence-corrected chi connectivity index (χ4v) is 1.76. The van der Waals surface area contributed by atoms with Gasteiger partial charge < -0.3 is 4.48 Å². The summed E-state index contributed by atoms with van der Waals surface area (Å²) in [6.45, 7) is 5.82. The third-order valence-corrected chi connectivity index (χ3v) is 2.68. The molecule has 0 saturated carbocycles. The summed E-state index contributed by atoms with van der Waals surface area (Å²) < 4.78 is 2.08. The molecule has 0 N–H and O–H groups in total. The first-order valence-corrected chi connectivity index (χ1v) is 5.50. The van der Waals surface area contributed by atoms with Gasteiger partial charge in [-0.15, -0.1) is 0 Å². The molecular weight excluding hydrogens is 238 g/mol. The maximum atomic E-state index is 3.78. The molecule has 0 heterocycles. The van der Waals surface area contributed by atoms with Crippen LogP contribution >= 0.6 is 15.9 Å². The molecule has 1 rings (SSSR count). The minimum absolute atomic E-state index is 0.950. The van der Waals surface area contributed by atoms with Crippen molar-refractivity contribution in [2.24, 2.45) is 0 Å². The minimum atomic E-state index is 0.950. The van der Waals surface area contributed by atoms with Crippen LogP contribution in [0.2, 0.25) is 0 Å². The predicted molar refractivity (Wildman–Crippen MR) is 65.0 cm³/mol. The van der Waals surface area contributed by atoms with Gasteiger partial charge in [0.1, 0.15) is 6.54 Å². The average molecular weight is 255 g/mol.